The molecule has 2 bridgehead atoms. The summed E-state index contributed by atoms with van der Waals surface area (Å²) in [6.45, 7) is 0.407. The van der Waals surface area contributed by atoms with E-state index in [2.05, 4.69) is 17.3 Å². The first-order valence-electron chi connectivity index (χ1n) is 5.85. The number of nitrogens with zero attached hydrogens (tertiary/aromatic N) is 1. The normalized spacial score (nSPS) is 34.4. The van der Waals surface area contributed by atoms with E-state index in [1.165, 1.54) is 12.8 Å². The molecule has 1 N–H and O–H groups in total. The Balaban J connectivity index is 1.78. The van der Waals surface area contributed by atoms with E-state index >= 15 is 0 Å². The fraction of sp³-hybridized carbons (Fsp3) is 0.909. The lowest BCUT2D eigenvalue weighted by atomic mass is 9.91. The molecule has 0 aliphatic carbocycles. The van der Waals surface area contributed by atoms with E-state index in [1.54, 1.807) is 0 Å². The summed E-state index contributed by atoms with van der Waals surface area (Å²) < 4.78 is 24.0. The number of fused-ring (bicyclic) bond motifs is 2. The average Bonchev–Trinajstić information content (AvgIpc) is 2.51. The number of carbonyl (C=O) groups excluding carboxylic acids is 1. The molecule has 16 heavy (non-hydrogen) atoms. The van der Waals surface area contributed by atoms with Crippen LogP contribution in [-0.4, -0.2) is 42.9 Å². The smallest absolute Gasteiger partial charge is 0.315 e. The zero-order valence-electron chi connectivity index (χ0n) is 9.46. The molecule has 0 saturated carbocycles. The fourth-order valence-corrected chi connectivity index (χ4v) is 3.01. The van der Waals surface area contributed by atoms with Crippen LogP contribution in [0.25, 0.3) is 0 Å². The first-order valence-corrected chi connectivity index (χ1v) is 5.85. The quantitative estimate of drug-likeness (QED) is 0.794. The maximum Gasteiger partial charge on any atom is 0.315 e. The fourth-order valence-electron chi connectivity index (χ4n) is 3.01. The molecular formula is C11H18F2N2O. The number of nitrogens with one attached hydrogen (secondary N) is 1. The highest BCUT2D eigenvalue weighted by atomic mass is 19.3. The Morgan fingerprint density at radius 1 is 1.38 bits per heavy atom. The van der Waals surface area contributed by atoms with Gasteiger partial charge in [0.05, 0.1) is 0 Å². The minimum Gasteiger partial charge on any atom is -0.351 e. The maximum absolute atomic E-state index is 12.0. The predicted octanol–water partition coefficient (Wildman–Crippen LogP) is 1.24. The third kappa shape index (κ3) is 2.34. The summed E-state index contributed by atoms with van der Waals surface area (Å²) in [5.41, 5.74) is 0. The molecule has 2 aliphatic rings. The van der Waals surface area contributed by atoms with Crippen molar-refractivity contribution in [3.05, 3.63) is 0 Å². The van der Waals surface area contributed by atoms with Gasteiger partial charge >= 0.3 is 6.43 Å². The summed E-state index contributed by atoms with van der Waals surface area (Å²) in [6.07, 6.45) is 1.58. The van der Waals surface area contributed by atoms with Crippen molar-refractivity contribution in [2.24, 2.45) is 5.92 Å². The van der Waals surface area contributed by atoms with Crippen LogP contribution < -0.4 is 5.32 Å². The molecule has 2 fully saturated rings. The maximum atomic E-state index is 12.0. The Labute approximate surface area is 94.2 Å². The van der Waals surface area contributed by atoms with Gasteiger partial charge in [0.2, 0.25) is 0 Å². The topological polar surface area (TPSA) is 32.3 Å². The molecule has 2 unspecified atom stereocenters. The number of piperidine rings is 1. The highest BCUT2D eigenvalue weighted by molar-refractivity contribution is 5.79. The minimum atomic E-state index is -2.89. The molecule has 0 radical (unpaired) electrons. The van der Waals surface area contributed by atoms with Crippen LogP contribution in [0.4, 0.5) is 8.78 Å². The summed E-state index contributed by atoms with van der Waals surface area (Å²) in [4.78, 5) is 13.2. The van der Waals surface area contributed by atoms with E-state index in [1.807, 2.05) is 0 Å². The Morgan fingerprint density at radius 2 is 1.94 bits per heavy atom. The highest BCUT2D eigenvalue weighted by Gasteiger charge is 2.38. The van der Waals surface area contributed by atoms with Gasteiger partial charge in [0, 0.05) is 18.6 Å². The van der Waals surface area contributed by atoms with Gasteiger partial charge in [-0.2, -0.15) is 8.78 Å². The van der Waals surface area contributed by atoms with E-state index in [0.717, 1.165) is 12.8 Å². The highest BCUT2D eigenvalue weighted by Crippen LogP contribution is 2.36. The zero-order valence-corrected chi connectivity index (χ0v) is 9.46. The van der Waals surface area contributed by atoms with E-state index in [0.29, 0.717) is 24.5 Å². The van der Waals surface area contributed by atoms with Crippen LogP contribution in [-0.2, 0) is 4.79 Å². The molecule has 5 heteroatoms. The lowest BCUT2D eigenvalue weighted by Gasteiger charge is -2.36. The van der Waals surface area contributed by atoms with Crippen LogP contribution in [0.5, 0.6) is 0 Å². The van der Waals surface area contributed by atoms with Crippen LogP contribution in [0.15, 0.2) is 0 Å². The molecule has 2 saturated heterocycles. The van der Waals surface area contributed by atoms with E-state index in [-0.39, 0.29) is 0 Å². The van der Waals surface area contributed by atoms with Crippen molar-refractivity contribution in [2.45, 2.75) is 44.2 Å². The van der Waals surface area contributed by atoms with Crippen molar-refractivity contribution in [1.29, 1.82) is 0 Å². The lowest BCUT2D eigenvalue weighted by Crippen LogP contribution is -2.44. The largest absolute Gasteiger partial charge is 0.351 e. The van der Waals surface area contributed by atoms with Crippen molar-refractivity contribution in [1.82, 2.24) is 10.2 Å². The first kappa shape index (κ1) is 11.8. The van der Waals surface area contributed by atoms with Gasteiger partial charge in [-0.05, 0) is 38.6 Å². The van der Waals surface area contributed by atoms with Gasteiger partial charge in [0.1, 0.15) is 0 Å². The molecule has 2 rings (SSSR count). The molecule has 92 valence electrons. The number of amides is 1. The summed E-state index contributed by atoms with van der Waals surface area (Å²) in [7, 11) is 2.14. The van der Waals surface area contributed by atoms with Crippen molar-refractivity contribution >= 4 is 5.91 Å². The van der Waals surface area contributed by atoms with Gasteiger partial charge in [-0.1, -0.05) is 0 Å². The Kier molecular flexibility index (Phi) is 3.42. The molecule has 1 amide bonds. The van der Waals surface area contributed by atoms with E-state index in [9.17, 15) is 13.6 Å². The number of rotatable bonds is 3. The van der Waals surface area contributed by atoms with Crippen LogP contribution >= 0.6 is 0 Å². The molecule has 0 aromatic carbocycles. The summed E-state index contributed by atoms with van der Waals surface area (Å²) in [5.74, 6) is -0.761. The Hall–Kier alpha value is -0.710. The molecule has 0 aromatic heterocycles. The van der Waals surface area contributed by atoms with Crippen LogP contribution in [0.2, 0.25) is 0 Å². The second-order valence-corrected chi connectivity index (χ2v) is 4.93. The number of carbonyl (C=O) groups is 1. The first-order chi connectivity index (χ1) is 7.58. The SMILES string of the molecule is CN1C2CCC1CC(CNC(=O)C(F)F)C2. The molecule has 0 spiro atoms. The minimum absolute atomic E-state index is 0.372. The van der Waals surface area contributed by atoms with Crippen LogP contribution in [0.3, 0.4) is 0 Å². The lowest BCUT2D eigenvalue weighted by molar-refractivity contribution is -0.132. The Morgan fingerprint density at radius 3 is 2.44 bits per heavy atom. The van der Waals surface area contributed by atoms with E-state index < -0.39 is 12.3 Å². The van der Waals surface area contributed by atoms with E-state index in [4.69, 9.17) is 0 Å². The van der Waals surface area contributed by atoms with Gasteiger partial charge in [-0.15, -0.1) is 0 Å². The zero-order chi connectivity index (χ0) is 11.7. The van der Waals surface area contributed by atoms with Crippen molar-refractivity contribution in [3.8, 4) is 0 Å². The average molecular weight is 232 g/mol. The molecule has 2 aliphatic heterocycles. The van der Waals surface area contributed by atoms with Crippen molar-refractivity contribution in [3.63, 3.8) is 0 Å². The predicted molar refractivity (Wildman–Crippen MR) is 56.3 cm³/mol. The molecule has 3 nitrogen and oxygen atoms in total. The third-order valence-electron chi connectivity index (χ3n) is 3.96. The van der Waals surface area contributed by atoms with Crippen LogP contribution in [0.1, 0.15) is 25.7 Å². The number of halogens is 2. The van der Waals surface area contributed by atoms with Gasteiger partial charge in [0.25, 0.3) is 5.91 Å². The monoisotopic (exact) mass is 232 g/mol. The van der Waals surface area contributed by atoms with Gasteiger partial charge in [-0.3, -0.25) is 4.79 Å². The molecule has 2 atom stereocenters. The summed E-state index contributed by atoms with van der Waals surface area (Å²) in [5, 5.41) is 2.33. The van der Waals surface area contributed by atoms with Crippen LogP contribution in [0, 0.1) is 5.92 Å². The number of hydrogen-bond donors (Lipinski definition) is 1. The molecular weight excluding hydrogens is 214 g/mol. The van der Waals surface area contributed by atoms with Crippen molar-refractivity contribution < 1.29 is 13.6 Å². The van der Waals surface area contributed by atoms with Crippen molar-refractivity contribution in [2.75, 3.05) is 13.6 Å². The molecule has 0 aromatic rings. The summed E-state index contributed by atoms with van der Waals surface area (Å²) in [6, 6.07) is 1.18. The van der Waals surface area contributed by atoms with Gasteiger partial charge in [-0.25, -0.2) is 0 Å². The number of alkyl halides is 2. The van der Waals surface area contributed by atoms with Gasteiger partial charge in [0.15, 0.2) is 0 Å². The summed E-state index contributed by atoms with van der Waals surface area (Å²) >= 11 is 0. The second-order valence-electron chi connectivity index (χ2n) is 4.93. The third-order valence-corrected chi connectivity index (χ3v) is 3.96. The standard InChI is InChI=1S/C11H18F2N2O/c1-15-8-2-3-9(15)5-7(4-8)6-14-11(16)10(12)13/h7-10H,2-6H2,1H3,(H,14,16). The molecule has 2 heterocycles. The van der Waals surface area contributed by atoms with Gasteiger partial charge < -0.3 is 10.2 Å². The number of hydrogen-bond acceptors (Lipinski definition) is 2. The Bertz CT molecular complexity index is 259. The second kappa shape index (κ2) is 4.65.